The first-order valence-electron chi connectivity index (χ1n) is 6.16. The molecule has 1 unspecified atom stereocenters. The summed E-state index contributed by atoms with van der Waals surface area (Å²) < 4.78 is 1.10. The van der Waals surface area contributed by atoms with Gasteiger partial charge in [0.25, 0.3) is 0 Å². The van der Waals surface area contributed by atoms with Crippen molar-refractivity contribution < 1.29 is 0 Å². The predicted molar refractivity (Wildman–Crippen MR) is 76.0 cm³/mol. The second kappa shape index (κ2) is 6.21. The van der Waals surface area contributed by atoms with E-state index in [4.69, 9.17) is 5.26 Å². The van der Waals surface area contributed by atoms with Crippen molar-refractivity contribution in [3.63, 3.8) is 0 Å². The van der Waals surface area contributed by atoms with Gasteiger partial charge in [-0.25, -0.2) is 0 Å². The third-order valence-electron chi connectivity index (χ3n) is 3.29. The maximum atomic E-state index is 9.04. The average molecular weight is 294 g/mol. The Labute approximate surface area is 113 Å². The Balaban J connectivity index is 3.08. The molecule has 1 aromatic rings. The molecule has 0 fully saturated rings. The smallest absolute Gasteiger partial charge is 0.0631 e. The molecule has 0 N–H and O–H groups in total. The Morgan fingerprint density at radius 2 is 2.06 bits per heavy atom. The maximum absolute atomic E-state index is 9.04. The van der Waals surface area contributed by atoms with Gasteiger partial charge in [0.1, 0.15) is 0 Å². The molecule has 0 saturated heterocycles. The molecule has 0 aliphatic heterocycles. The molecule has 0 bridgehead atoms. The summed E-state index contributed by atoms with van der Waals surface area (Å²) in [6, 6.07) is 8.81. The molecule has 1 atom stereocenters. The molecule has 2 heteroatoms. The minimum atomic E-state index is -0.0146. The summed E-state index contributed by atoms with van der Waals surface area (Å²) in [4.78, 5) is 0. The number of hydrogen-bond donors (Lipinski definition) is 0. The Kier molecular flexibility index (Phi) is 5.21. The van der Waals surface area contributed by atoms with E-state index in [1.807, 2.05) is 0 Å². The number of hydrogen-bond acceptors (Lipinski definition) is 1. The van der Waals surface area contributed by atoms with Crippen LogP contribution in [-0.4, -0.2) is 0 Å². The number of halogens is 1. The van der Waals surface area contributed by atoms with E-state index < -0.39 is 0 Å². The van der Waals surface area contributed by atoms with E-state index in [0.29, 0.717) is 6.42 Å². The van der Waals surface area contributed by atoms with Gasteiger partial charge < -0.3 is 0 Å². The van der Waals surface area contributed by atoms with Crippen molar-refractivity contribution in [3.8, 4) is 6.07 Å². The fourth-order valence-corrected chi connectivity index (χ4v) is 2.77. The normalized spacial score (nSPS) is 14.1. The van der Waals surface area contributed by atoms with E-state index in [9.17, 15) is 0 Å². The third kappa shape index (κ3) is 3.85. The number of nitriles is 1. The Morgan fingerprint density at radius 3 is 2.59 bits per heavy atom. The molecular weight excluding hydrogens is 274 g/mol. The average Bonchev–Trinajstić information content (AvgIpc) is 2.25. The molecule has 0 radical (unpaired) electrons. The molecule has 0 amide bonds. The van der Waals surface area contributed by atoms with Crippen molar-refractivity contribution in [2.75, 3.05) is 0 Å². The Morgan fingerprint density at radius 1 is 1.35 bits per heavy atom. The van der Waals surface area contributed by atoms with Crippen molar-refractivity contribution >= 4 is 15.9 Å². The summed E-state index contributed by atoms with van der Waals surface area (Å²) >= 11 is 3.54. The molecule has 0 aliphatic carbocycles. The van der Waals surface area contributed by atoms with Crippen LogP contribution < -0.4 is 0 Å². The zero-order chi connectivity index (χ0) is 12.9. The zero-order valence-corrected chi connectivity index (χ0v) is 12.5. The second-order valence-corrected chi connectivity index (χ2v) is 5.93. The van der Waals surface area contributed by atoms with E-state index in [0.717, 1.165) is 10.9 Å². The molecule has 0 spiro atoms. The highest BCUT2D eigenvalue weighted by Crippen LogP contribution is 2.34. The monoisotopic (exact) mass is 293 g/mol. The van der Waals surface area contributed by atoms with Crippen LogP contribution in [-0.2, 0) is 5.41 Å². The Bertz CT molecular complexity index is 399. The number of aryl methyl sites for hydroxylation is 1. The van der Waals surface area contributed by atoms with Crippen LogP contribution in [0.5, 0.6) is 0 Å². The van der Waals surface area contributed by atoms with Crippen molar-refractivity contribution in [2.45, 2.75) is 51.9 Å². The van der Waals surface area contributed by atoms with Crippen LogP contribution in [0.25, 0.3) is 0 Å². The van der Waals surface area contributed by atoms with E-state index in [1.165, 1.54) is 24.0 Å². The first-order valence-corrected chi connectivity index (χ1v) is 6.96. The summed E-state index contributed by atoms with van der Waals surface area (Å²) in [5, 5.41) is 9.04. The third-order valence-corrected chi connectivity index (χ3v) is 3.75. The molecular formula is C15H20BrN. The summed E-state index contributed by atoms with van der Waals surface area (Å²) in [7, 11) is 0. The lowest BCUT2D eigenvalue weighted by Gasteiger charge is -2.28. The van der Waals surface area contributed by atoms with Gasteiger partial charge in [-0.3, -0.25) is 0 Å². The highest BCUT2D eigenvalue weighted by molar-refractivity contribution is 9.10. The van der Waals surface area contributed by atoms with E-state index in [2.05, 4.69) is 61.0 Å². The number of benzene rings is 1. The van der Waals surface area contributed by atoms with E-state index >= 15 is 0 Å². The summed E-state index contributed by atoms with van der Waals surface area (Å²) in [5.41, 5.74) is 2.51. The quantitative estimate of drug-likeness (QED) is 0.739. The lowest BCUT2D eigenvalue weighted by Crippen LogP contribution is -2.21. The van der Waals surface area contributed by atoms with Gasteiger partial charge in [-0.15, -0.1) is 0 Å². The lowest BCUT2D eigenvalue weighted by molar-refractivity contribution is 0.425. The topological polar surface area (TPSA) is 23.8 Å². The molecule has 0 aromatic heterocycles. The Hall–Kier alpha value is -0.810. The van der Waals surface area contributed by atoms with Crippen LogP contribution in [0.2, 0.25) is 0 Å². The molecule has 1 nitrogen and oxygen atoms in total. The van der Waals surface area contributed by atoms with Gasteiger partial charge in [0.15, 0.2) is 0 Å². The number of rotatable bonds is 5. The second-order valence-electron chi connectivity index (χ2n) is 5.02. The van der Waals surface area contributed by atoms with E-state index in [1.54, 1.807) is 0 Å². The molecule has 1 rings (SSSR count). The van der Waals surface area contributed by atoms with E-state index in [-0.39, 0.29) is 5.41 Å². The summed E-state index contributed by atoms with van der Waals surface area (Å²) in [6.07, 6.45) is 4.01. The molecule has 1 aromatic carbocycles. The van der Waals surface area contributed by atoms with Gasteiger partial charge >= 0.3 is 0 Å². The molecule has 0 heterocycles. The lowest BCUT2D eigenvalue weighted by atomic mass is 9.75. The van der Waals surface area contributed by atoms with Gasteiger partial charge in [0, 0.05) is 16.3 Å². The van der Waals surface area contributed by atoms with Crippen LogP contribution in [0.15, 0.2) is 22.7 Å². The van der Waals surface area contributed by atoms with Crippen LogP contribution in [0.4, 0.5) is 0 Å². The van der Waals surface area contributed by atoms with Crippen LogP contribution in [0.1, 0.15) is 50.7 Å². The van der Waals surface area contributed by atoms with Crippen LogP contribution in [0.3, 0.4) is 0 Å². The standard InChI is InChI=1S/C15H20BrN/c1-4-5-6-15(3,7-8-17)13-9-12(2)10-14(16)11-13/h9-11H,4-7H2,1-3H3. The fraction of sp³-hybridized carbons (Fsp3) is 0.533. The molecule has 0 saturated carbocycles. The molecule has 92 valence electrons. The zero-order valence-electron chi connectivity index (χ0n) is 10.9. The predicted octanol–water partition coefficient (Wildman–Crippen LogP) is 5.12. The van der Waals surface area contributed by atoms with Gasteiger partial charge in [0.05, 0.1) is 6.07 Å². The van der Waals surface area contributed by atoms with Gasteiger partial charge in [-0.2, -0.15) is 5.26 Å². The van der Waals surface area contributed by atoms with Crippen molar-refractivity contribution in [2.24, 2.45) is 0 Å². The van der Waals surface area contributed by atoms with Crippen molar-refractivity contribution in [1.82, 2.24) is 0 Å². The molecule has 17 heavy (non-hydrogen) atoms. The number of nitrogens with zero attached hydrogens (tertiary/aromatic N) is 1. The van der Waals surface area contributed by atoms with Crippen molar-refractivity contribution in [1.29, 1.82) is 5.26 Å². The highest BCUT2D eigenvalue weighted by Gasteiger charge is 2.26. The summed E-state index contributed by atoms with van der Waals surface area (Å²) in [6.45, 7) is 6.49. The highest BCUT2D eigenvalue weighted by atomic mass is 79.9. The maximum Gasteiger partial charge on any atom is 0.0631 e. The minimum Gasteiger partial charge on any atom is -0.198 e. The number of unbranched alkanes of at least 4 members (excludes halogenated alkanes) is 1. The fourth-order valence-electron chi connectivity index (χ4n) is 2.16. The van der Waals surface area contributed by atoms with Gasteiger partial charge in [0.2, 0.25) is 0 Å². The van der Waals surface area contributed by atoms with Crippen LogP contribution >= 0.6 is 15.9 Å². The van der Waals surface area contributed by atoms with Gasteiger partial charge in [-0.1, -0.05) is 48.7 Å². The minimum absolute atomic E-state index is 0.0146. The molecule has 0 aliphatic rings. The van der Waals surface area contributed by atoms with Crippen LogP contribution in [0, 0.1) is 18.3 Å². The van der Waals surface area contributed by atoms with Gasteiger partial charge in [-0.05, 0) is 36.6 Å². The summed E-state index contributed by atoms with van der Waals surface area (Å²) in [5.74, 6) is 0. The first-order chi connectivity index (χ1) is 8.01. The first kappa shape index (κ1) is 14.3. The largest absolute Gasteiger partial charge is 0.198 e. The van der Waals surface area contributed by atoms with Crippen molar-refractivity contribution in [3.05, 3.63) is 33.8 Å². The SMILES string of the molecule is CCCCC(C)(CC#N)c1cc(C)cc(Br)c1.